The number of aromatic nitrogens is 2. The second kappa shape index (κ2) is 9.41. The lowest BCUT2D eigenvalue weighted by Crippen LogP contribution is -2.39. The van der Waals surface area contributed by atoms with Crippen molar-refractivity contribution in [1.82, 2.24) is 14.5 Å². The molecule has 3 aromatic rings. The highest BCUT2D eigenvalue weighted by atomic mass is 16.3. The van der Waals surface area contributed by atoms with Crippen LogP contribution < -0.4 is 4.90 Å². The number of piperidine rings is 1. The molecule has 0 bridgehead atoms. The Morgan fingerprint density at radius 2 is 1.85 bits per heavy atom. The van der Waals surface area contributed by atoms with Crippen LogP contribution in [-0.4, -0.2) is 51.7 Å². The number of aryl methyl sites for hydroxylation is 2. The Hall–Kier alpha value is -2.86. The van der Waals surface area contributed by atoms with Crippen molar-refractivity contribution in [3.05, 3.63) is 58.4 Å². The summed E-state index contributed by atoms with van der Waals surface area (Å²) < 4.78 is 2.35. The van der Waals surface area contributed by atoms with Gasteiger partial charge in [-0.05, 0) is 75.1 Å². The van der Waals surface area contributed by atoms with Crippen LogP contribution >= 0.6 is 0 Å². The van der Waals surface area contributed by atoms with Gasteiger partial charge in [0.05, 0.1) is 5.52 Å². The van der Waals surface area contributed by atoms with Gasteiger partial charge >= 0.3 is 0 Å². The van der Waals surface area contributed by atoms with Crippen molar-refractivity contribution in [3.8, 4) is 0 Å². The van der Waals surface area contributed by atoms with Gasteiger partial charge in [-0.1, -0.05) is 24.3 Å². The molecule has 0 saturated carbocycles. The third-order valence-corrected chi connectivity index (χ3v) is 8.00. The molecule has 0 unspecified atom stereocenters. The molecular formula is C28H36N4O2. The topological polar surface area (TPSA) is 61.6 Å². The molecule has 1 fully saturated rings. The van der Waals surface area contributed by atoms with Crippen molar-refractivity contribution in [2.45, 2.75) is 59.5 Å². The van der Waals surface area contributed by atoms with Gasteiger partial charge in [-0.15, -0.1) is 0 Å². The van der Waals surface area contributed by atoms with Crippen LogP contribution in [0.4, 0.5) is 5.82 Å². The first-order valence-corrected chi connectivity index (χ1v) is 12.7. The molecule has 1 saturated heterocycles. The average Bonchev–Trinajstić information content (AvgIpc) is 3.12. The number of benzene rings is 1. The van der Waals surface area contributed by atoms with E-state index in [-0.39, 0.29) is 12.5 Å². The van der Waals surface area contributed by atoms with Gasteiger partial charge < -0.3 is 19.5 Å². The molecule has 2 aliphatic rings. The van der Waals surface area contributed by atoms with Crippen molar-refractivity contribution in [2.75, 3.05) is 31.1 Å². The largest absolute Gasteiger partial charge is 0.396 e. The molecule has 180 valence electrons. The number of hydrogen-bond donors (Lipinski definition) is 1. The zero-order chi connectivity index (χ0) is 23.8. The van der Waals surface area contributed by atoms with Crippen molar-refractivity contribution < 1.29 is 9.90 Å². The molecule has 0 spiro atoms. The lowest BCUT2D eigenvalue weighted by Gasteiger charge is -2.33. The van der Waals surface area contributed by atoms with Gasteiger partial charge in [-0.25, -0.2) is 4.98 Å². The number of aliphatic hydroxyl groups is 1. The first kappa shape index (κ1) is 22.9. The van der Waals surface area contributed by atoms with Gasteiger partial charge in [0.1, 0.15) is 5.69 Å². The Kier molecular flexibility index (Phi) is 6.34. The Bertz CT molecular complexity index is 1210. The minimum atomic E-state index is 0.0318. The first-order chi connectivity index (χ1) is 16.5. The number of carbonyl (C=O) groups excluding carboxylic acids is 1. The fourth-order valence-corrected chi connectivity index (χ4v) is 5.81. The van der Waals surface area contributed by atoms with Crippen LogP contribution in [0.3, 0.4) is 0 Å². The highest BCUT2D eigenvalue weighted by molar-refractivity contribution is 6.01. The van der Waals surface area contributed by atoms with E-state index < -0.39 is 0 Å². The number of hydrogen-bond acceptors (Lipinski definition) is 4. The Morgan fingerprint density at radius 1 is 1.12 bits per heavy atom. The van der Waals surface area contributed by atoms with Crippen LogP contribution in [-0.2, 0) is 19.5 Å². The highest BCUT2D eigenvalue weighted by Gasteiger charge is 2.28. The molecule has 5 rings (SSSR count). The maximum Gasteiger partial charge on any atom is 0.272 e. The molecule has 0 aliphatic carbocycles. The minimum absolute atomic E-state index is 0.0318. The maximum absolute atomic E-state index is 13.6. The van der Waals surface area contributed by atoms with Crippen LogP contribution in [0.15, 0.2) is 30.3 Å². The third kappa shape index (κ3) is 3.98. The van der Waals surface area contributed by atoms with Crippen LogP contribution in [0.1, 0.15) is 59.1 Å². The van der Waals surface area contributed by atoms with E-state index in [1.54, 1.807) is 0 Å². The molecule has 0 atom stereocenters. The predicted octanol–water partition coefficient (Wildman–Crippen LogP) is 4.47. The normalized spacial score (nSPS) is 16.8. The van der Waals surface area contributed by atoms with Crippen molar-refractivity contribution in [3.63, 3.8) is 0 Å². The van der Waals surface area contributed by atoms with E-state index in [0.29, 0.717) is 11.6 Å². The van der Waals surface area contributed by atoms with Gasteiger partial charge in [0, 0.05) is 50.4 Å². The maximum atomic E-state index is 13.6. The number of fused-ring (bicyclic) bond motifs is 2. The summed E-state index contributed by atoms with van der Waals surface area (Å²) in [5.74, 6) is 1.48. The van der Waals surface area contributed by atoms with E-state index in [1.807, 2.05) is 11.0 Å². The van der Waals surface area contributed by atoms with Gasteiger partial charge in [0.2, 0.25) is 0 Å². The standard InChI is InChI=1S/C28H36N4O2/c1-4-32-20(3)19(2)24-17-25(28(34)30-13-9-21(10-14-30)12-16-33)29-27(26(24)32)31-15-11-22-7-5-6-8-23(22)18-31/h5-8,17,21,33H,4,9-16,18H2,1-3H3. The zero-order valence-electron chi connectivity index (χ0n) is 20.7. The summed E-state index contributed by atoms with van der Waals surface area (Å²) in [7, 11) is 0. The number of nitrogens with zero attached hydrogens (tertiary/aromatic N) is 4. The van der Waals surface area contributed by atoms with Crippen LogP contribution in [0.5, 0.6) is 0 Å². The fourth-order valence-electron chi connectivity index (χ4n) is 5.81. The van der Waals surface area contributed by atoms with Gasteiger partial charge in [0.25, 0.3) is 5.91 Å². The fraction of sp³-hybridized carbons (Fsp3) is 0.500. The number of carbonyl (C=O) groups is 1. The number of amides is 1. The molecule has 1 aromatic carbocycles. The molecule has 4 heterocycles. The lowest BCUT2D eigenvalue weighted by atomic mass is 9.94. The minimum Gasteiger partial charge on any atom is -0.396 e. The average molecular weight is 461 g/mol. The molecule has 1 amide bonds. The van der Waals surface area contributed by atoms with Crippen LogP contribution in [0.2, 0.25) is 0 Å². The molecule has 34 heavy (non-hydrogen) atoms. The molecular weight excluding hydrogens is 424 g/mol. The Balaban J connectivity index is 1.55. The summed E-state index contributed by atoms with van der Waals surface area (Å²) in [5.41, 5.74) is 6.93. The zero-order valence-corrected chi connectivity index (χ0v) is 20.7. The lowest BCUT2D eigenvalue weighted by molar-refractivity contribution is 0.0672. The summed E-state index contributed by atoms with van der Waals surface area (Å²) >= 11 is 0. The van der Waals surface area contributed by atoms with Gasteiger partial charge in [0.15, 0.2) is 5.82 Å². The molecule has 1 N–H and O–H groups in total. The first-order valence-electron chi connectivity index (χ1n) is 12.7. The van der Waals surface area contributed by atoms with Crippen LogP contribution in [0, 0.1) is 19.8 Å². The molecule has 6 heteroatoms. The predicted molar refractivity (Wildman–Crippen MR) is 136 cm³/mol. The van der Waals surface area contributed by atoms with Gasteiger partial charge in [-0.3, -0.25) is 4.79 Å². The van der Waals surface area contributed by atoms with E-state index in [1.165, 1.54) is 22.4 Å². The number of rotatable bonds is 5. The summed E-state index contributed by atoms with van der Waals surface area (Å²) in [5, 5.41) is 10.4. The number of aliphatic hydroxyl groups excluding tert-OH is 1. The molecule has 2 aromatic heterocycles. The number of pyridine rings is 1. The second-order valence-corrected chi connectivity index (χ2v) is 9.87. The van der Waals surface area contributed by atoms with Gasteiger partial charge in [-0.2, -0.15) is 0 Å². The van der Waals surface area contributed by atoms with E-state index in [0.717, 1.165) is 75.1 Å². The molecule has 2 aliphatic heterocycles. The number of anilines is 1. The van der Waals surface area contributed by atoms with E-state index >= 15 is 0 Å². The highest BCUT2D eigenvalue weighted by Crippen LogP contribution is 2.35. The number of likely N-dealkylation sites (tertiary alicyclic amines) is 1. The SMILES string of the molecule is CCn1c(C)c(C)c2cc(C(=O)N3CCC(CCO)CC3)nc(N3CCc4ccccc4C3)c21. The van der Waals surface area contributed by atoms with Crippen LogP contribution in [0.25, 0.3) is 10.9 Å². The second-order valence-electron chi connectivity index (χ2n) is 9.87. The summed E-state index contributed by atoms with van der Waals surface area (Å²) in [6.07, 6.45) is 3.72. The van der Waals surface area contributed by atoms with E-state index in [9.17, 15) is 9.90 Å². The Morgan fingerprint density at radius 3 is 2.56 bits per heavy atom. The quantitative estimate of drug-likeness (QED) is 0.610. The van der Waals surface area contributed by atoms with E-state index in [4.69, 9.17) is 4.98 Å². The molecule has 6 nitrogen and oxygen atoms in total. The van der Waals surface area contributed by atoms with Crippen molar-refractivity contribution in [1.29, 1.82) is 0 Å². The summed E-state index contributed by atoms with van der Waals surface area (Å²) in [6, 6.07) is 10.7. The third-order valence-electron chi connectivity index (χ3n) is 8.00. The van der Waals surface area contributed by atoms with Crippen molar-refractivity contribution >= 4 is 22.6 Å². The monoisotopic (exact) mass is 460 g/mol. The summed E-state index contributed by atoms with van der Waals surface area (Å²) in [6.45, 7) is 10.8. The summed E-state index contributed by atoms with van der Waals surface area (Å²) in [4.78, 5) is 23.0. The molecule has 0 radical (unpaired) electrons. The smallest absolute Gasteiger partial charge is 0.272 e. The van der Waals surface area contributed by atoms with Crippen molar-refractivity contribution in [2.24, 2.45) is 5.92 Å². The Labute approximate surface area is 202 Å². The van der Waals surface area contributed by atoms with E-state index in [2.05, 4.69) is 54.5 Å².